The summed E-state index contributed by atoms with van der Waals surface area (Å²) in [4.78, 5) is 38.1. The van der Waals surface area contributed by atoms with Crippen LogP contribution in [-0.2, 0) is 14.4 Å². The molecule has 0 aromatic heterocycles. The van der Waals surface area contributed by atoms with Gasteiger partial charge in [-0.25, -0.2) is 0 Å². The molecule has 1 N–H and O–H groups in total. The van der Waals surface area contributed by atoms with E-state index < -0.39 is 6.04 Å². The second-order valence-corrected chi connectivity index (χ2v) is 7.26. The fourth-order valence-electron chi connectivity index (χ4n) is 3.54. The van der Waals surface area contributed by atoms with Crippen molar-refractivity contribution in [3.05, 3.63) is 23.8 Å². The first kappa shape index (κ1) is 23.7. The van der Waals surface area contributed by atoms with Gasteiger partial charge in [-0.15, -0.1) is 0 Å². The molecule has 1 rings (SSSR count). The Morgan fingerprint density at radius 2 is 1.71 bits per heavy atom. The van der Waals surface area contributed by atoms with E-state index in [1.165, 1.54) is 5.56 Å². The number of likely N-dealkylation sites (N-methyl/N-ethyl adjacent to an activating group) is 1. The van der Waals surface area contributed by atoms with Crippen LogP contribution in [-0.4, -0.2) is 45.8 Å². The standard InChI is InChI=1S/C22H35N3O3/c1-6-8-17(9-7-2)18-10-12-20(21(14-18)24(4)16-27)25(5)19(15-26)11-13-22(28)23-3/h10,12,14-17,19H,6-9,11,13H2,1-5H3,(H,23,28). The SMILES string of the molecule is CCCC(CCC)c1ccc(N(C)C(C=O)CCC(=O)NC)c(N(C)C=O)c1. The van der Waals surface area contributed by atoms with Gasteiger partial charge in [0.2, 0.25) is 12.3 Å². The maximum atomic E-state index is 11.7. The maximum Gasteiger partial charge on any atom is 0.219 e. The van der Waals surface area contributed by atoms with Crippen LogP contribution in [0.2, 0.25) is 0 Å². The molecule has 28 heavy (non-hydrogen) atoms. The van der Waals surface area contributed by atoms with Crippen LogP contribution in [0.25, 0.3) is 0 Å². The predicted octanol–water partition coefficient (Wildman–Crippen LogP) is 3.49. The van der Waals surface area contributed by atoms with Crippen molar-refractivity contribution in [2.75, 3.05) is 30.9 Å². The highest BCUT2D eigenvalue weighted by Gasteiger charge is 2.21. The normalized spacial score (nSPS) is 11.8. The largest absolute Gasteiger partial charge is 0.363 e. The number of carbonyl (C=O) groups is 3. The third kappa shape index (κ3) is 6.36. The fraction of sp³-hybridized carbons (Fsp3) is 0.591. The van der Waals surface area contributed by atoms with Gasteiger partial charge in [-0.1, -0.05) is 32.8 Å². The summed E-state index contributed by atoms with van der Waals surface area (Å²) >= 11 is 0. The first-order valence-electron chi connectivity index (χ1n) is 10.1. The van der Waals surface area contributed by atoms with Crippen molar-refractivity contribution in [2.45, 2.75) is 64.3 Å². The summed E-state index contributed by atoms with van der Waals surface area (Å²) in [5, 5.41) is 2.58. The molecule has 0 heterocycles. The third-order valence-electron chi connectivity index (χ3n) is 5.26. The molecule has 0 saturated carbocycles. The summed E-state index contributed by atoms with van der Waals surface area (Å²) < 4.78 is 0. The Bertz CT molecular complexity index is 642. The first-order valence-corrected chi connectivity index (χ1v) is 10.1. The first-order chi connectivity index (χ1) is 13.4. The number of hydrogen-bond donors (Lipinski definition) is 1. The van der Waals surface area contributed by atoms with E-state index in [0.717, 1.165) is 49.8 Å². The highest BCUT2D eigenvalue weighted by Crippen LogP contribution is 2.35. The van der Waals surface area contributed by atoms with Gasteiger partial charge in [0.15, 0.2) is 0 Å². The van der Waals surface area contributed by atoms with E-state index in [1.54, 1.807) is 19.0 Å². The molecule has 1 aromatic rings. The van der Waals surface area contributed by atoms with Crippen LogP contribution in [0.4, 0.5) is 11.4 Å². The zero-order chi connectivity index (χ0) is 21.1. The zero-order valence-electron chi connectivity index (χ0n) is 17.9. The minimum absolute atomic E-state index is 0.0946. The van der Waals surface area contributed by atoms with Crippen LogP contribution >= 0.6 is 0 Å². The van der Waals surface area contributed by atoms with Crippen molar-refractivity contribution in [1.29, 1.82) is 0 Å². The van der Waals surface area contributed by atoms with Gasteiger partial charge in [0.1, 0.15) is 6.29 Å². The molecule has 0 bridgehead atoms. The van der Waals surface area contributed by atoms with E-state index in [-0.39, 0.29) is 12.3 Å². The van der Waals surface area contributed by atoms with E-state index in [2.05, 4.69) is 31.3 Å². The Morgan fingerprint density at radius 3 is 2.21 bits per heavy atom. The highest BCUT2D eigenvalue weighted by molar-refractivity contribution is 5.85. The smallest absolute Gasteiger partial charge is 0.219 e. The van der Waals surface area contributed by atoms with Crippen LogP contribution in [0.1, 0.15) is 63.9 Å². The summed E-state index contributed by atoms with van der Waals surface area (Å²) in [6.07, 6.45) is 6.77. The average Bonchev–Trinajstić information content (AvgIpc) is 2.72. The molecule has 0 aliphatic heterocycles. The van der Waals surface area contributed by atoms with Crippen molar-refractivity contribution in [3.8, 4) is 0 Å². The number of amides is 2. The zero-order valence-corrected chi connectivity index (χ0v) is 17.9. The second-order valence-electron chi connectivity index (χ2n) is 7.26. The maximum absolute atomic E-state index is 11.7. The highest BCUT2D eigenvalue weighted by atomic mass is 16.1. The van der Waals surface area contributed by atoms with Crippen LogP contribution in [0.3, 0.4) is 0 Å². The minimum atomic E-state index is -0.441. The number of hydrogen-bond acceptors (Lipinski definition) is 4. The van der Waals surface area contributed by atoms with Gasteiger partial charge in [-0.3, -0.25) is 9.59 Å². The number of carbonyl (C=O) groups excluding carboxylic acids is 3. The number of aldehydes is 1. The Hall–Kier alpha value is -2.37. The topological polar surface area (TPSA) is 69.7 Å². The van der Waals surface area contributed by atoms with E-state index >= 15 is 0 Å². The lowest BCUT2D eigenvalue weighted by molar-refractivity contribution is -0.120. The Labute approximate surface area is 169 Å². The van der Waals surface area contributed by atoms with E-state index in [9.17, 15) is 14.4 Å². The van der Waals surface area contributed by atoms with Gasteiger partial charge in [0.05, 0.1) is 17.4 Å². The van der Waals surface area contributed by atoms with Crippen molar-refractivity contribution in [3.63, 3.8) is 0 Å². The summed E-state index contributed by atoms with van der Waals surface area (Å²) in [6, 6.07) is 5.71. The quantitative estimate of drug-likeness (QED) is 0.524. The van der Waals surface area contributed by atoms with Gasteiger partial charge >= 0.3 is 0 Å². The molecule has 2 amide bonds. The number of rotatable bonds is 13. The van der Waals surface area contributed by atoms with Crippen molar-refractivity contribution < 1.29 is 14.4 Å². The van der Waals surface area contributed by atoms with Gasteiger partial charge in [0, 0.05) is 27.6 Å². The molecule has 156 valence electrons. The fourth-order valence-corrected chi connectivity index (χ4v) is 3.54. The van der Waals surface area contributed by atoms with Gasteiger partial charge < -0.3 is 19.9 Å². The van der Waals surface area contributed by atoms with Crippen molar-refractivity contribution >= 4 is 30.0 Å². The van der Waals surface area contributed by atoms with Crippen LogP contribution in [0.15, 0.2) is 18.2 Å². The molecular weight excluding hydrogens is 354 g/mol. The molecule has 0 spiro atoms. The number of nitrogens with zero attached hydrogens (tertiary/aromatic N) is 2. The molecule has 0 aliphatic carbocycles. The molecule has 1 aromatic carbocycles. The second kappa shape index (κ2) is 12.2. The van der Waals surface area contributed by atoms with Crippen LogP contribution < -0.4 is 15.1 Å². The van der Waals surface area contributed by atoms with E-state index in [4.69, 9.17) is 0 Å². The number of anilines is 2. The van der Waals surface area contributed by atoms with E-state index in [1.807, 2.05) is 18.0 Å². The molecule has 0 fully saturated rings. The summed E-state index contributed by atoms with van der Waals surface area (Å²) in [5.74, 6) is 0.367. The summed E-state index contributed by atoms with van der Waals surface area (Å²) in [7, 11) is 5.13. The van der Waals surface area contributed by atoms with Crippen molar-refractivity contribution in [2.24, 2.45) is 0 Å². The Morgan fingerprint density at radius 1 is 1.07 bits per heavy atom. The lowest BCUT2D eigenvalue weighted by Gasteiger charge is -2.30. The van der Waals surface area contributed by atoms with Crippen LogP contribution in [0.5, 0.6) is 0 Å². The molecule has 1 atom stereocenters. The monoisotopic (exact) mass is 389 g/mol. The van der Waals surface area contributed by atoms with Gasteiger partial charge in [-0.2, -0.15) is 0 Å². The molecule has 6 heteroatoms. The minimum Gasteiger partial charge on any atom is -0.363 e. The molecular formula is C22H35N3O3. The third-order valence-corrected chi connectivity index (χ3v) is 5.26. The predicted molar refractivity (Wildman–Crippen MR) is 115 cm³/mol. The van der Waals surface area contributed by atoms with Gasteiger partial charge in [0.25, 0.3) is 0 Å². The molecule has 0 saturated heterocycles. The molecule has 1 unspecified atom stereocenters. The van der Waals surface area contributed by atoms with Gasteiger partial charge in [-0.05, 0) is 42.9 Å². The lowest BCUT2D eigenvalue weighted by Crippen LogP contribution is -2.35. The molecule has 0 radical (unpaired) electrons. The van der Waals surface area contributed by atoms with Crippen LogP contribution in [0, 0.1) is 0 Å². The lowest BCUT2D eigenvalue weighted by atomic mass is 9.89. The number of benzene rings is 1. The Balaban J connectivity index is 3.23. The van der Waals surface area contributed by atoms with E-state index in [0.29, 0.717) is 12.3 Å². The molecule has 0 aliphatic rings. The van der Waals surface area contributed by atoms with Crippen molar-refractivity contribution in [1.82, 2.24) is 5.32 Å². The Kier molecular flexibility index (Phi) is 10.3. The summed E-state index contributed by atoms with van der Waals surface area (Å²) in [6.45, 7) is 4.37. The number of nitrogens with one attached hydrogen (secondary N) is 1. The summed E-state index contributed by atoms with van der Waals surface area (Å²) in [5.41, 5.74) is 2.80. The average molecular weight is 390 g/mol. The molecule has 6 nitrogen and oxygen atoms in total.